The Morgan fingerprint density at radius 3 is 2.83 bits per heavy atom. The van der Waals surface area contributed by atoms with Gasteiger partial charge in [0.15, 0.2) is 6.61 Å². The summed E-state index contributed by atoms with van der Waals surface area (Å²) in [4.78, 5) is 38.5. The molecule has 0 radical (unpaired) electrons. The van der Waals surface area contributed by atoms with Crippen molar-refractivity contribution in [1.82, 2.24) is 9.55 Å². The molecule has 2 aromatic heterocycles. The van der Waals surface area contributed by atoms with Gasteiger partial charge in [-0.1, -0.05) is 22.9 Å². The fraction of sp³-hybridized carbons (Fsp3) is 0.286. The molecule has 2 rings (SSSR count). The Morgan fingerprint density at radius 2 is 2.22 bits per heavy atom. The number of halogens is 1. The van der Waals surface area contributed by atoms with Crippen molar-refractivity contribution in [2.75, 3.05) is 11.9 Å². The van der Waals surface area contributed by atoms with Crippen LogP contribution in [0.2, 0.25) is 5.02 Å². The number of pyridine rings is 1. The predicted molar refractivity (Wildman–Crippen MR) is 86.8 cm³/mol. The zero-order chi connectivity index (χ0) is 16.8. The lowest BCUT2D eigenvalue weighted by Crippen LogP contribution is -2.23. The zero-order valence-corrected chi connectivity index (χ0v) is 13.8. The highest BCUT2D eigenvalue weighted by atomic mass is 35.5. The molecule has 0 fully saturated rings. The molecular formula is C14H14ClN3O4S. The lowest BCUT2D eigenvalue weighted by atomic mass is 10.4. The number of ether oxygens (including phenoxy) is 1. The number of carbonyl (C=O) groups is 2. The minimum Gasteiger partial charge on any atom is -0.456 e. The van der Waals surface area contributed by atoms with Gasteiger partial charge in [-0.25, -0.2) is 4.98 Å². The van der Waals surface area contributed by atoms with E-state index in [4.69, 9.17) is 16.3 Å². The Kier molecular flexibility index (Phi) is 5.89. The number of hydrogen-bond acceptors (Lipinski definition) is 6. The van der Waals surface area contributed by atoms with Crippen molar-refractivity contribution in [3.05, 3.63) is 44.1 Å². The zero-order valence-electron chi connectivity index (χ0n) is 12.2. The molecule has 0 aromatic carbocycles. The fourth-order valence-electron chi connectivity index (χ4n) is 1.72. The van der Waals surface area contributed by atoms with E-state index in [-0.39, 0.29) is 17.8 Å². The lowest BCUT2D eigenvalue weighted by Gasteiger charge is -2.07. The Balaban J connectivity index is 1.74. The topological polar surface area (TPSA) is 90.3 Å². The van der Waals surface area contributed by atoms with Crippen LogP contribution in [0.3, 0.4) is 0 Å². The Morgan fingerprint density at radius 1 is 1.43 bits per heavy atom. The highest BCUT2D eigenvalue weighted by molar-refractivity contribution is 7.07. The number of aromatic nitrogens is 2. The van der Waals surface area contributed by atoms with Crippen LogP contribution < -0.4 is 10.2 Å². The van der Waals surface area contributed by atoms with E-state index in [0.717, 1.165) is 17.0 Å². The summed E-state index contributed by atoms with van der Waals surface area (Å²) in [7, 11) is 0. The van der Waals surface area contributed by atoms with E-state index in [1.54, 1.807) is 18.4 Å². The van der Waals surface area contributed by atoms with Crippen LogP contribution in [-0.4, -0.2) is 28.0 Å². The first-order valence-corrected chi connectivity index (χ1v) is 7.93. The van der Waals surface area contributed by atoms with Crippen molar-refractivity contribution in [2.45, 2.75) is 19.9 Å². The monoisotopic (exact) mass is 355 g/mol. The van der Waals surface area contributed by atoms with Gasteiger partial charge in [0, 0.05) is 23.8 Å². The van der Waals surface area contributed by atoms with Crippen LogP contribution in [0.25, 0.3) is 0 Å². The summed E-state index contributed by atoms with van der Waals surface area (Å²) >= 11 is 6.76. The summed E-state index contributed by atoms with van der Waals surface area (Å²) in [5.74, 6) is -0.741. The SMILES string of the molecule is Cc1csc(=O)n1CCC(=O)OCC(=O)Nc1ccc(Cl)cn1. The second kappa shape index (κ2) is 7.89. The second-order valence-corrected chi connectivity index (χ2v) is 5.87. The van der Waals surface area contributed by atoms with Crippen LogP contribution in [0.4, 0.5) is 5.82 Å². The third-order valence-electron chi connectivity index (χ3n) is 2.88. The maximum absolute atomic E-state index is 11.6. The molecule has 0 atom stereocenters. The third-order valence-corrected chi connectivity index (χ3v) is 3.98. The lowest BCUT2D eigenvalue weighted by molar-refractivity contribution is -0.147. The first-order chi connectivity index (χ1) is 11.0. The number of amides is 1. The summed E-state index contributed by atoms with van der Waals surface area (Å²) in [5, 5.41) is 4.65. The molecule has 122 valence electrons. The van der Waals surface area contributed by atoms with Crippen molar-refractivity contribution < 1.29 is 14.3 Å². The van der Waals surface area contributed by atoms with Crippen LogP contribution in [-0.2, 0) is 20.9 Å². The molecule has 1 N–H and O–H groups in total. The minimum absolute atomic E-state index is 0.0178. The second-order valence-electron chi connectivity index (χ2n) is 4.62. The summed E-state index contributed by atoms with van der Waals surface area (Å²) in [6.45, 7) is 1.60. The van der Waals surface area contributed by atoms with Crippen molar-refractivity contribution in [2.24, 2.45) is 0 Å². The number of nitrogens with one attached hydrogen (secondary N) is 1. The summed E-state index contributed by atoms with van der Waals surface area (Å²) in [5.41, 5.74) is 0.791. The summed E-state index contributed by atoms with van der Waals surface area (Å²) < 4.78 is 6.35. The maximum Gasteiger partial charge on any atom is 0.308 e. The number of thiazole rings is 1. The van der Waals surface area contributed by atoms with Crippen molar-refractivity contribution in [3.8, 4) is 0 Å². The molecule has 0 aliphatic rings. The maximum atomic E-state index is 11.6. The molecule has 0 spiro atoms. The molecule has 9 heteroatoms. The van der Waals surface area contributed by atoms with E-state index in [1.807, 2.05) is 0 Å². The van der Waals surface area contributed by atoms with Gasteiger partial charge >= 0.3 is 10.8 Å². The third kappa shape index (κ3) is 5.19. The van der Waals surface area contributed by atoms with Gasteiger partial charge in [0.1, 0.15) is 5.82 Å². The van der Waals surface area contributed by atoms with E-state index in [0.29, 0.717) is 10.8 Å². The molecule has 0 unspecified atom stereocenters. The summed E-state index contributed by atoms with van der Waals surface area (Å²) in [6, 6.07) is 3.12. The largest absolute Gasteiger partial charge is 0.456 e. The number of esters is 1. The number of anilines is 1. The van der Waals surface area contributed by atoms with E-state index in [2.05, 4.69) is 10.3 Å². The molecule has 0 saturated heterocycles. The molecule has 0 saturated carbocycles. The van der Waals surface area contributed by atoms with Crippen LogP contribution >= 0.6 is 22.9 Å². The normalized spacial score (nSPS) is 10.3. The van der Waals surface area contributed by atoms with Gasteiger partial charge in [0.25, 0.3) is 5.91 Å². The van der Waals surface area contributed by atoms with E-state index < -0.39 is 18.5 Å². The molecule has 1 amide bonds. The Bertz CT molecular complexity index is 754. The van der Waals surface area contributed by atoms with E-state index >= 15 is 0 Å². The van der Waals surface area contributed by atoms with Crippen LogP contribution in [0, 0.1) is 6.92 Å². The average molecular weight is 356 g/mol. The first-order valence-electron chi connectivity index (χ1n) is 6.67. The Labute approximate surface area is 140 Å². The predicted octanol–water partition coefficient (Wildman–Crippen LogP) is 1.84. The van der Waals surface area contributed by atoms with Crippen molar-refractivity contribution in [1.29, 1.82) is 0 Å². The minimum atomic E-state index is -0.554. The van der Waals surface area contributed by atoms with Crippen LogP contribution in [0.15, 0.2) is 28.5 Å². The molecule has 7 nitrogen and oxygen atoms in total. The van der Waals surface area contributed by atoms with Gasteiger partial charge in [0.05, 0.1) is 11.4 Å². The van der Waals surface area contributed by atoms with Gasteiger partial charge in [-0.3, -0.25) is 14.4 Å². The summed E-state index contributed by atoms with van der Waals surface area (Å²) in [6.07, 6.45) is 1.41. The van der Waals surface area contributed by atoms with Gasteiger partial charge < -0.3 is 14.6 Å². The Hall–Kier alpha value is -2.19. The molecule has 23 heavy (non-hydrogen) atoms. The molecule has 2 heterocycles. The molecule has 2 aromatic rings. The molecule has 0 aliphatic heterocycles. The van der Waals surface area contributed by atoms with E-state index in [9.17, 15) is 14.4 Å². The van der Waals surface area contributed by atoms with Gasteiger partial charge in [-0.15, -0.1) is 0 Å². The fourth-order valence-corrected chi connectivity index (χ4v) is 2.60. The first kappa shape index (κ1) is 17.2. The van der Waals surface area contributed by atoms with Gasteiger partial charge in [-0.05, 0) is 19.1 Å². The smallest absolute Gasteiger partial charge is 0.308 e. The molecule has 0 aliphatic carbocycles. The van der Waals surface area contributed by atoms with Crippen molar-refractivity contribution >= 4 is 40.6 Å². The van der Waals surface area contributed by atoms with Crippen molar-refractivity contribution in [3.63, 3.8) is 0 Å². The number of carbonyl (C=O) groups excluding carboxylic acids is 2. The molecular weight excluding hydrogens is 342 g/mol. The van der Waals surface area contributed by atoms with Gasteiger partial charge in [0.2, 0.25) is 0 Å². The standard InChI is InChI=1S/C14H14ClN3O4S/c1-9-8-23-14(21)18(9)5-4-13(20)22-7-12(19)17-11-3-2-10(15)6-16-11/h2-3,6,8H,4-5,7H2,1H3,(H,16,17,19). The highest BCUT2D eigenvalue weighted by Crippen LogP contribution is 2.09. The van der Waals surface area contributed by atoms with Crippen LogP contribution in [0.5, 0.6) is 0 Å². The number of nitrogens with zero attached hydrogens (tertiary/aromatic N) is 2. The number of aryl methyl sites for hydroxylation is 1. The number of rotatable bonds is 6. The average Bonchev–Trinajstić information content (AvgIpc) is 2.84. The quantitative estimate of drug-likeness (QED) is 0.798. The van der Waals surface area contributed by atoms with E-state index in [1.165, 1.54) is 16.8 Å². The van der Waals surface area contributed by atoms with Gasteiger partial charge in [-0.2, -0.15) is 0 Å². The highest BCUT2D eigenvalue weighted by Gasteiger charge is 2.10. The molecule has 0 bridgehead atoms. The van der Waals surface area contributed by atoms with Crippen LogP contribution in [0.1, 0.15) is 12.1 Å². The number of hydrogen-bond donors (Lipinski definition) is 1.